The Balaban J connectivity index is 1.89. The van der Waals surface area contributed by atoms with Gasteiger partial charge in [-0.25, -0.2) is 9.97 Å². The molecule has 1 N–H and O–H groups in total. The van der Waals surface area contributed by atoms with Crippen LogP contribution in [0.15, 0.2) is 12.4 Å². The molecular formula is C12H19N3. The van der Waals surface area contributed by atoms with Crippen LogP contribution in [-0.4, -0.2) is 16.0 Å². The quantitative estimate of drug-likeness (QED) is 0.803. The first-order valence-corrected chi connectivity index (χ1v) is 5.83. The maximum atomic E-state index is 4.27. The van der Waals surface area contributed by atoms with Crippen molar-refractivity contribution >= 4 is 5.95 Å². The standard InChI is InChI=1S/C12H19N3/c1-3-11(6-10-4-5-10)15-12-13-7-9(2)8-14-12/h7-8,10-11H,3-6H2,1-2H3,(H,13,14,15). The summed E-state index contributed by atoms with van der Waals surface area (Å²) in [6.07, 6.45) is 8.96. The van der Waals surface area contributed by atoms with Crippen LogP contribution in [0, 0.1) is 12.8 Å². The molecule has 1 atom stereocenters. The molecule has 1 aromatic rings. The van der Waals surface area contributed by atoms with Gasteiger partial charge in [0, 0.05) is 18.4 Å². The van der Waals surface area contributed by atoms with Crippen LogP contribution in [0.25, 0.3) is 0 Å². The first kappa shape index (κ1) is 10.4. The maximum Gasteiger partial charge on any atom is 0.222 e. The molecule has 1 aromatic heterocycles. The van der Waals surface area contributed by atoms with Crippen molar-refractivity contribution in [3.63, 3.8) is 0 Å². The Bertz CT molecular complexity index is 303. The van der Waals surface area contributed by atoms with Crippen molar-refractivity contribution in [3.05, 3.63) is 18.0 Å². The Hall–Kier alpha value is -1.12. The Morgan fingerprint density at radius 3 is 2.60 bits per heavy atom. The van der Waals surface area contributed by atoms with Crippen LogP contribution < -0.4 is 5.32 Å². The van der Waals surface area contributed by atoms with Gasteiger partial charge in [0.05, 0.1) is 0 Å². The second-order valence-corrected chi connectivity index (χ2v) is 4.51. The molecule has 0 spiro atoms. The summed E-state index contributed by atoms with van der Waals surface area (Å²) in [5.74, 6) is 1.72. The number of hydrogen-bond donors (Lipinski definition) is 1. The zero-order valence-corrected chi connectivity index (χ0v) is 9.53. The Kier molecular flexibility index (Phi) is 3.19. The molecule has 0 aromatic carbocycles. The van der Waals surface area contributed by atoms with Crippen LogP contribution in [0.3, 0.4) is 0 Å². The minimum atomic E-state index is 0.542. The Labute approximate surface area is 91.3 Å². The third-order valence-corrected chi connectivity index (χ3v) is 2.92. The molecule has 1 saturated carbocycles. The van der Waals surface area contributed by atoms with Crippen molar-refractivity contribution in [3.8, 4) is 0 Å². The summed E-state index contributed by atoms with van der Waals surface area (Å²) in [6, 6.07) is 0.542. The molecule has 82 valence electrons. The van der Waals surface area contributed by atoms with E-state index in [1.54, 1.807) is 0 Å². The molecule has 1 aliphatic carbocycles. The molecule has 1 heterocycles. The van der Waals surface area contributed by atoms with Crippen LogP contribution in [0.2, 0.25) is 0 Å². The minimum absolute atomic E-state index is 0.542. The van der Waals surface area contributed by atoms with Crippen LogP contribution >= 0.6 is 0 Å². The zero-order valence-electron chi connectivity index (χ0n) is 9.53. The van der Waals surface area contributed by atoms with Gasteiger partial charge in [-0.15, -0.1) is 0 Å². The first-order valence-electron chi connectivity index (χ1n) is 5.83. The summed E-state index contributed by atoms with van der Waals surface area (Å²) in [7, 11) is 0. The number of aryl methyl sites for hydroxylation is 1. The van der Waals surface area contributed by atoms with E-state index >= 15 is 0 Å². The molecule has 0 amide bonds. The van der Waals surface area contributed by atoms with Gasteiger partial charge in [0.15, 0.2) is 0 Å². The highest BCUT2D eigenvalue weighted by Crippen LogP contribution is 2.34. The van der Waals surface area contributed by atoms with E-state index in [4.69, 9.17) is 0 Å². The fraction of sp³-hybridized carbons (Fsp3) is 0.667. The lowest BCUT2D eigenvalue weighted by atomic mass is 10.1. The molecule has 0 radical (unpaired) electrons. The third kappa shape index (κ3) is 3.18. The molecule has 1 aliphatic rings. The molecule has 15 heavy (non-hydrogen) atoms. The zero-order chi connectivity index (χ0) is 10.7. The van der Waals surface area contributed by atoms with Crippen molar-refractivity contribution < 1.29 is 0 Å². The highest BCUT2D eigenvalue weighted by molar-refractivity contribution is 5.26. The Morgan fingerprint density at radius 1 is 1.40 bits per heavy atom. The van der Waals surface area contributed by atoms with E-state index in [2.05, 4.69) is 22.2 Å². The fourth-order valence-corrected chi connectivity index (χ4v) is 1.73. The minimum Gasteiger partial charge on any atom is -0.351 e. The average Bonchev–Trinajstić information content (AvgIpc) is 3.04. The van der Waals surface area contributed by atoms with Gasteiger partial charge in [-0.05, 0) is 31.2 Å². The second kappa shape index (κ2) is 4.60. The predicted molar refractivity (Wildman–Crippen MR) is 61.8 cm³/mol. The van der Waals surface area contributed by atoms with Gasteiger partial charge in [-0.2, -0.15) is 0 Å². The topological polar surface area (TPSA) is 37.8 Å². The van der Waals surface area contributed by atoms with E-state index in [9.17, 15) is 0 Å². The summed E-state index contributed by atoms with van der Waals surface area (Å²) in [4.78, 5) is 8.54. The number of nitrogens with zero attached hydrogens (tertiary/aromatic N) is 2. The second-order valence-electron chi connectivity index (χ2n) is 4.51. The summed E-state index contributed by atoms with van der Waals surface area (Å²) in [5, 5.41) is 3.40. The van der Waals surface area contributed by atoms with Crippen molar-refractivity contribution in [2.75, 3.05) is 5.32 Å². The molecule has 0 saturated heterocycles. The van der Waals surface area contributed by atoms with Crippen LogP contribution in [-0.2, 0) is 0 Å². The van der Waals surface area contributed by atoms with E-state index in [1.165, 1.54) is 19.3 Å². The van der Waals surface area contributed by atoms with Crippen molar-refractivity contribution in [1.29, 1.82) is 0 Å². The fourth-order valence-electron chi connectivity index (χ4n) is 1.73. The van der Waals surface area contributed by atoms with Gasteiger partial charge in [-0.3, -0.25) is 0 Å². The molecule has 0 aliphatic heterocycles. The third-order valence-electron chi connectivity index (χ3n) is 2.92. The van der Waals surface area contributed by atoms with Crippen LogP contribution in [0.1, 0.15) is 38.2 Å². The summed E-state index contributed by atoms with van der Waals surface area (Å²) in [5.41, 5.74) is 1.11. The monoisotopic (exact) mass is 205 g/mol. The number of nitrogens with one attached hydrogen (secondary N) is 1. The lowest BCUT2D eigenvalue weighted by Gasteiger charge is -2.16. The summed E-state index contributed by atoms with van der Waals surface area (Å²) >= 11 is 0. The number of hydrogen-bond acceptors (Lipinski definition) is 3. The van der Waals surface area contributed by atoms with Gasteiger partial charge >= 0.3 is 0 Å². The van der Waals surface area contributed by atoms with Crippen molar-refractivity contribution in [2.24, 2.45) is 5.92 Å². The van der Waals surface area contributed by atoms with Crippen molar-refractivity contribution in [2.45, 2.75) is 45.6 Å². The highest BCUT2D eigenvalue weighted by Gasteiger charge is 2.24. The Morgan fingerprint density at radius 2 is 2.07 bits per heavy atom. The normalized spacial score (nSPS) is 17.5. The molecule has 0 bridgehead atoms. The molecule has 1 fully saturated rings. The molecule has 2 rings (SSSR count). The van der Waals surface area contributed by atoms with E-state index in [0.29, 0.717) is 6.04 Å². The number of aromatic nitrogens is 2. The van der Waals surface area contributed by atoms with Crippen molar-refractivity contribution in [1.82, 2.24) is 9.97 Å². The van der Waals surface area contributed by atoms with Gasteiger partial charge in [0.2, 0.25) is 5.95 Å². The molecule has 3 nitrogen and oxygen atoms in total. The molecule has 1 unspecified atom stereocenters. The van der Waals surface area contributed by atoms with E-state index < -0.39 is 0 Å². The van der Waals surface area contributed by atoms with E-state index in [-0.39, 0.29) is 0 Å². The van der Waals surface area contributed by atoms with Gasteiger partial charge < -0.3 is 5.32 Å². The van der Waals surface area contributed by atoms with Gasteiger partial charge in [0.25, 0.3) is 0 Å². The van der Waals surface area contributed by atoms with E-state index in [1.807, 2.05) is 19.3 Å². The van der Waals surface area contributed by atoms with Gasteiger partial charge in [-0.1, -0.05) is 19.8 Å². The average molecular weight is 205 g/mol. The predicted octanol–water partition coefficient (Wildman–Crippen LogP) is 2.78. The highest BCUT2D eigenvalue weighted by atomic mass is 15.1. The van der Waals surface area contributed by atoms with Gasteiger partial charge in [0.1, 0.15) is 0 Å². The van der Waals surface area contributed by atoms with Crippen LogP contribution in [0.4, 0.5) is 5.95 Å². The first-order chi connectivity index (χ1) is 7.28. The summed E-state index contributed by atoms with van der Waals surface area (Å²) in [6.45, 7) is 4.22. The summed E-state index contributed by atoms with van der Waals surface area (Å²) < 4.78 is 0. The smallest absolute Gasteiger partial charge is 0.222 e. The lowest BCUT2D eigenvalue weighted by molar-refractivity contribution is 0.583. The lowest BCUT2D eigenvalue weighted by Crippen LogP contribution is -2.20. The van der Waals surface area contributed by atoms with E-state index in [0.717, 1.165) is 23.9 Å². The maximum absolute atomic E-state index is 4.27. The number of anilines is 1. The largest absolute Gasteiger partial charge is 0.351 e. The van der Waals surface area contributed by atoms with Crippen LogP contribution in [0.5, 0.6) is 0 Å². The molecular weight excluding hydrogens is 186 g/mol. The SMILES string of the molecule is CCC(CC1CC1)Nc1ncc(C)cn1. The molecule has 3 heteroatoms. The number of rotatable bonds is 5.